The number of nitrogens with zero attached hydrogens (tertiary/aromatic N) is 7. The minimum atomic E-state index is -0.0203. The standard InChI is InChI=1S/C17H26N8O/c26-17(25-8-1-3-15(25)13-23-7-2-4-19-23)16-14-24(21-20-16)12-11-22-9-5-18-6-10-22/h2,4,7,14-15,18H,1,3,5-6,8-13H2/t15-/m1/s1. The lowest BCUT2D eigenvalue weighted by Crippen LogP contribution is -2.44. The van der Waals surface area contributed by atoms with E-state index in [-0.39, 0.29) is 11.9 Å². The lowest BCUT2D eigenvalue weighted by atomic mass is 10.2. The Bertz CT molecular complexity index is 706. The molecular weight excluding hydrogens is 332 g/mol. The van der Waals surface area contributed by atoms with Crippen LogP contribution < -0.4 is 5.32 Å². The summed E-state index contributed by atoms with van der Waals surface area (Å²) in [6.07, 6.45) is 7.52. The van der Waals surface area contributed by atoms with Crippen molar-refractivity contribution >= 4 is 5.91 Å². The Kier molecular flexibility index (Phi) is 5.26. The molecule has 9 nitrogen and oxygen atoms in total. The Morgan fingerprint density at radius 3 is 2.88 bits per heavy atom. The Balaban J connectivity index is 1.34. The van der Waals surface area contributed by atoms with Crippen molar-refractivity contribution < 1.29 is 4.79 Å². The summed E-state index contributed by atoms with van der Waals surface area (Å²) in [7, 11) is 0. The fourth-order valence-electron chi connectivity index (χ4n) is 3.75. The van der Waals surface area contributed by atoms with Gasteiger partial charge in [-0.15, -0.1) is 5.10 Å². The van der Waals surface area contributed by atoms with Crippen LogP contribution in [0.5, 0.6) is 0 Å². The molecule has 0 aromatic carbocycles. The van der Waals surface area contributed by atoms with Gasteiger partial charge in [0.2, 0.25) is 0 Å². The van der Waals surface area contributed by atoms with Crippen LogP contribution in [-0.4, -0.2) is 85.8 Å². The van der Waals surface area contributed by atoms with E-state index in [0.717, 1.165) is 65.2 Å². The lowest BCUT2D eigenvalue weighted by molar-refractivity contribution is 0.0715. The van der Waals surface area contributed by atoms with Crippen molar-refractivity contribution in [2.45, 2.75) is 32.0 Å². The molecule has 26 heavy (non-hydrogen) atoms. The Morgan fingerprint density at radius 2 is 2.08 bits per heavy atom. The molecular formula is C17H26N8O. The first-order valence-corrected chi connectivity index (χ1v) is 9.41. The van der Waals surface area contributed by atoms with Crippen LogP contribution in [0.1, 0.15) is 23.3 Å². The van der Waals surface area contributed by atoms with Crippen LogP contribution in [0.3, 0.4) is 0 Å². The third-order valence-electron chi connectivity index (χ3n) is 5.21. The fourth-order valence-corrected chi connectivity index (χ4v) is 3.75. The molecule has 0 spiro atoms. The highest BCUT2D eigenvalue weighted by Crippen LogP contribution is 2.20. The minimum absolute atomic E-state index is 0.0203. The highest BCUT2D eigenvalue weighted by atomic mass is 16.2. The number of hydrogen-bond donors (Lipinski definition) is 1. The van der Waals surface area contributed by atoms with Crippen molar-refractivity contribution in [3.63, 3.8) is 0 Å². The van der Waals surface area contributed by atoms with Gasteiger partial charge < -0.3 is 10.2 Å². The van der Waals surface area contributed by atoms with E-state index in [1.807, 2.05) is 21.8 Å². The molecule has 0 radical (unpaired) electrons. The van der Waals surface area contributed by atoms with Crippen molar-refractivity contribution in [3.05, 3.63) is 30.4 Å². The second-order valence-corrected chi connectivity index (χ2v) is 6.98. The van der Waals surface area contributed by atoms with E-state index in [1.54, 1.807) is 17.1 Å². The summed E-state index contributed by atoms with van der Waals surface area (Å²) in [5.74, 6) is -0.0203. The van der Waals surface area contributed by atoms with E-state index >= 15 is 0 Å². The summed E-state index contributed by atoms with van der Waals surface area (Å²) in [6.45, 7) is 7.39. The van der Waals surface area contributed by atoms with Gasteiger partial charge in [-0.25, -0.2) is 0 Å². The number of carbonyl (C=O) groups excluding carboxylic acids is 1. The van der Waals surface area contributed by atoms with Crippen molar-refractivity contribution in [2.75, 3.05) is 39.3 Å². The molecule has 1 atom stereocenters. The van der Waals surface area contributed by atoms with Gasteiger partial charge in [0.15, 0.2) is 5.69 Å². The quantitative estimate of drug-likeness (QED) is 0.762. The Hall–Kier alpha value is -2.26. The van der Waals surface area contributed by atoms with Crippen molar-refractivity contribution in [1.29, 1.82) is 0 Å². The zero-order chi connectivity index (χ0) is 17.8. The normalized spacial score (nSPS) is 21.4. The molecule has 0 bridgehead atoms. The molecule has 140 valence electrons. The number of rotatable bonds is 6. The van der Waals surface area contributed by atoms with Gasteiger partial charge in [-0.1, -0.05) is 5.21 Å². The SMILES string of the molecule is O=C(c1cn(CCN2CCNCC2)nn1)N1CCC[C@@H]1Cn1cccn1. The van der Waals surface area contributed by atoms with Crippen molar-refractivity contribution in [3.8, 4) is 0 Å². The molecule has 4 heterocycles. The van der Waals surface area contributed by atoms with Gasteiger partial charge in [0.05, 0.1) is 25.3 Å². The predicted octanol–water partition coefficient (Wildman–Crippen LogP) is -0.315. The maximum Gasteiger partial charge on any atom is 0.276 e. The molecule has 2 aliphatic heterocycles. The molecule has 2 fully saturated rings. The largest absolute Gasteiger partial charge is 0.332 e. The molecule has 0 saturated carbocycles. The highest BCUT2D eigenvalue weighted by Gasteiger charge is 2.31. The summed E-state index contributed by atoms with van der Waals surface area (Å²) in [5, 5.41) is 15.9. The first kappa shape index (κ1) is 17.2. The molecule has 1 amide bonds. The number of nitrogens with one attached hydrogen (secondary N) is 1. The summed E-state index contributed by atoms with van der Waals surface area (Å²) in [5.41, 5.74) is 0.442. The summed E-state index contributed by atoms with van der Waals surface area (Å²) >= 11 is 0. The molecule has 2 saturated heterocycles. The number of carbonyl (C=O) groups is 1. The Morgan fingerprint density at radius 1 is 1.19 bits per heavy atom. The smallest absolute Gasteiger partial charge is 0.276 e. The van der Waals surface area contributed by atoms with Crippen LogP contribution in [0, 0.1) is 0 Å². The van der Waals surface area contributed by atoms with Crippen molar-refractivity contribution in [2.24, 2.45) is 0 Å². The Labute approximate surface area is 152 Å². The number of likely N-dealkylation sites (tertiary alicyclic amines) is 1. The molecule has 9 heteroatoms. The molecule has 2 aliphatic rings. The number of hydrogen-bond acceptors (Lipinski definition) is 6. The molecule has 0 unspecified atom stereocenters. The fraction of sp³-hybridized carbons (Fsp3) is 0.647. The highest BCUT2D eigenvalue weighted by molar-refractivity contribution is 5.92. The molecule has 2 aromatic rings. The summed E-state index contributed by atoms with van der Waals surface area (Å²) in [6, 6.07) is 2.08. The second kappa shape index (κ2) is 7.96. The van der Waals surface area contributed by atoms with E-state index in [2.05, 4.69) is 25.6 Å². The number of piperazine rings is 1. The first-order valence-electron chi connectivity index (χ1n) is 9.41. The molecule has 2 aromatic heterocycles. The molecule has 1 N–H and O–H groups in total. The van der Waals surface area contributed by atoms with E-state index in [4.69, 9.17) is 0 Å². The van der Waals surface area contributed by atoms with E-state index in [9.17, 15) is 4.79 Å². The zero-order valence-electron chi connectivity index (χ0n) is 15.0. The average Bonchev–Trinajstić information content (AvgIpc) is 3.43. The summed E-state index contributed by atoms with van der Waals surface area (Å²) < 4.78 is 3.68. The van der Waals surface area contributed by atoms with Gasteiger partial charge in [-0.2, -0.15) is 5.10 Å². The van der Waals surface area contributed by atoms with Gasteiger partial charge in [0.25, 0.3) is 5.91 Å². The van der Waals surface area contributed by atoms with Crippen LogP contribution in [0.4, 0.5) is 0 Å². The van der Waals surface area contributed by atoms with Gasteiger partial charge >= 0.3 is 0 Å². The first-order chi connectivity index (χ1) is 12.8. The van der Waals surface area contributed by atoms with Crippen molar-refractivity contribution in [1.82, 2.24) is 39.9 Å². The summed E-state index contributed by atoms with van der Waals surface area (Å²) in [4.78, 5) is 17.2. The average molecular weight is 358 g/mol. The van der Waals surface area contributed by atoms with Crippen LogP contribution in [0.2, 0.25) is 0 Å². The van der Waals surface area contributed by atoms with Crippen LogP contribution >= 0.6 is 0 Å². The van der Waals surface area contributed by atoms with Crippen LogP contribution in [0.15, 0.2) is 24.7 Å². The third kappa shape index (κ3) is 3.94. The predicted molar refractivity (Wildman–Crippen MR) is 95.6 cm³/mol. The van der Waals surface area contributed by atoms with Gasteiger partial charge in [-0.3, -0.25) is 19.1 Å². The number of amides is 1. The lowest BCUT2D eigenvalue weighted by Gasteiger charge is -2.26. The van der Waals surface area contributed by atoms with Gasteiger partial charge in [0, 0.05) is 51.7 Å². The zero-order valence-corrected chi connectivity index (χ0v) is 15.0. The van der Waals surface area contributed by atoms with Gasteiger partial charge in [-0.05, 0) is 18.9 Å². The monoisotopic (exact) mass is 358 g/mol. The van der Waals surface area contributed by atoms with Crippen LogP contribution in [-0.2, 0) is 13.1 Å². The maximum atomic E-state index is 12.9. The van der Waals surface area contributed by atoms with E-state index < -0.39 is 0 Å². The van der Waals surface area contributed by atoms with E-state index in [0.29, 0.717) is 5.69 Å². The topological polar surface area (TPSA) is 84.1 Å². The molecule has 4 rings (SSSR count). The third-order valence-corrected chi connectivity index (χ3v) is 5.21. The number of aromatic nitrogens is 5. The second-order valence-electron chi connectivity index (χ2n) is 6.98. The van der Waals surface area contributed by atoms with Crippen LogP contribution in [0.25, 0.3) is 0 Å². The van der Waals surface area contributed by atoms with E-state index in [1.165, 1.54) is 0 Å². The minimum Gasteiger partial charge on any atom is -0.332 e. The molecule has 0 aliphatic carbocycles. The van der Waals surface area contributed by atoms with Gasteiger partial charge in [0.1, 0.15) is 0 Å². The maximum absolute atomic E-state index is 12.9.